The molecular weight excluding hydrogens is 206 g/mol. The molecule has 0 bridgehead atoms. The van der Waals surface area contributed by atoms with Gasteiger partial charge >= 0.3 is 0 Å². The Hall–Kier alpha value is -0.0400. The molecule has 0 heterocycles. The summed E-state index contributed by atoms with van der Waals surface area (Å²) >= 11 is 0. The lowest BCUT2D eigenvalue weighted by Gasteiger charge is -2.60. The predicted octanol–water partition coefficient (Wildman–Crippen LogP) is 4.99. The molecule has 3 unspecified atom stereocenters. The molecule has 3 atom stereocenters. The van der Waals surface area contributed by atoms with Gasteiger partial charge in [0.2, 0.25) is 0 Å². The Labute approximate surface area is 110 Å². The summed E-state index contributed by atoms with van der Waals surface area (Å²) in [6.45, 7) is 20.9. The summed E-state index contributed by atoms with van der Waals surface area (Å²) in [5.74, 6) is 0. The van der Waals surface area contributed by atoms with Crippen LogP contribution in [0, 0.1) is 16.2 Å². The zero-order valence-electron chi connectivity index (χ0n) is 13.7. The maximum Gasteiger partial charge on any atom is 0.0182 e. The van der Waals surface area contributed by atoms with Crippen LogP contribution in [0.2, 0.25) is 0 Å². The Balaban J connectivity index is 5.80. The van der Waals surface area contributed by atoms with Gasteiger partial charge in [-0.1, -0.05) is 55.4 Å². The van der Waals surface area contributed by atoms with Gasteiger partial charge in [0.15, 0.2) is 0 Å². The van der Waals surface area contributed by atoms with E-state index < -0.39 is 0 Å². The van der Waals surface area contributed by atoms with E-state index in [1.165, 1.54) is 6.42 Å². The highest BCUT2D eigenvalue weighted by Crippen LogP contribution is 2.59. The number of nitrogens with two attached hydrogens (primary N) is 1. The molecule has 104 valence electrons. The SMILES string of the molecule is CCC(C)(N)C(C)(CC)C(C)(CC)C(C)(C)C. The van der Waals surface area contributed by atoms with Crippen LogP contribution < -0.4 is 5.73 Å². The molecule has 0 aromatic rings. The average molecular weight is 241 g/mol. The van der Waals surface area contributed by atoms with Crippen molar-refractivity contribution >= 4 is 0 Å². The van der Waals surface area contributed by atoms with Gasteiger partial charge in [0.05, 0.1) is 0 Å². The molecule has 0 spiro atoms. The first-order valence-electron chi connectivity index (χ1n) is 7.22. The third-order valence-electron chi connectivity index (χ3n) is 6.28. The average Bonchev–Trinajstić information content (AvgIpc) is 2.24. The first-order valence-corrected chi connectivity index (χ1v) is 7.22. The monoisotopic (exact) mass is 241 g/mol. The highest BCUT2D eigenvalue weighted by atomic mass is 14.8. The summed E-state index contributed by atoms with van der Waals surface area (Å²) < 4.78 is 0. The van der Waals surface area contributed by atoms with Gasteiger partial charge in [0.25, 0.3) is 0 Å². The predicted molar refractivity (Wildman–Crippen MR) is 79.1 cm³/mol. The van der Waals surface area contributed by atoms with E-state index in [-0.39, 0.29) is 21.8 Å². The number of hydrogen-bond donors (Lipinski definition) is 1. The summed E-state index contributed by atoms with van der Waals surface area (Å²) in [6, 6.07) is 0. The molecular formula is C16H35N. The van der Waals surface area contributed by atoms with Crippen molar-refractivity contribution in [3.63, 3.8) is 0 Å². The first kappa shape index (κ1) is 17.0. The van der Waals surface area contributed by atoms with Crippen molar-refractivity contribution in [3.05, 3.63) is 0 Å². The Morgan fingerprint density at radius 3 is 1.18 bits per heavy atom. The van der Waals surface area contributed by atoms with Gasteiger partial charge in [-0.3, -0.25) is 0 Å². The second kappa shape index (κ2) is 4.91. The van der Waals surface area contributed by atoms with Crippen LogP contribution in [0.3, 0.4) is 0 Å². The van der Waals surface area contributed by atoms with Crippen LogP contribution in [0.4, 0.5) is 0 Å². The minimum Gasteiger partial charge on any atom is -0.325 e. The molecule has 0 aromatic heterocycles. The number of hydrogen-bond acceptors (Lipinski definition) is 1. The fraction of sp³-hybridized carbons (Fsp3) is 1.00. The second-order valence-corrected chi connectivity index (χ2v) is 7.39. The third-order valence-corrected chi connectivity index (χ3v) is 6.28. The standard InChI is InChI=1S/C16H35N/c1-10-14(7,13(4,5)6)15(8,11-2)16(9,17)12-3/h10-12,17H2,1-9H3. The van der Waals surface area contributed by atoms with Crippen molar-refractivity contribution in [3.8, 4) is 0 Å². The second-order valence-electron chi connectivity index (χ2n) is 7.39. The molecule has 0 amide bonds. The summed E-state index contributed by atoms with van der Waals surface area (Å²) in [4.78, 5) is 0. The van der Waals surface area contributed by atoms with Crippen LogP contribution in [-0.4, -0.2) is 5.54 Å². The van der Waals surface area contributed by atoms with Gasteiger partial charge < -0.3 is 5.73 Å². The Morgan fingerprint density at radius 1 is 0.647 bits per heavy atom. The van der Waals surface area contributed by atoms with Crippen LogP contribution in [0.5, 0.6) is 0 Å². The van der Waals surface area contributed by atoms with Gasteiger partial charge in [-0.25, -0.2) is 0 Å². The number of rotatable bonds is 5. The van der Waals surface area contributed by atoms with Crippen LogP contribution in [0.1, 0.15) is 81.6 Å². The summed E-state index contributed by atoms with van der Waals surface area (Å²) in [5.41, 5.74) is 7.22. The van der Waals surface area contributed by atoms with E-state index in [0.717, 1.165) is 12.8 Å². The van der Waals surface area contributed by atoms with Crippen molar-refractivity contribution in [1.29, 1.82) is 0 Å². The fourth-order valence-corrected chi connectivity index (χ4v) is 3.56. The van der Waals surface area contributed by atoms with Gasteiger partial charge in [0.1, 0.15) is 0 Å². The van der Waals surface area contributed by atoms with E-state index >= 15 is 0 Å². The normalized spacial score (nSPS) is 23.6. The Kier molecular flexibility index (Phi) is 4.90. The molecule has 0 aliphatic rings. The smallest absolute Gasteiger partial charge is 0.0182 e. The zero-order chi connectivity index (χ0) is 14.1. The van der Waals surface area contributed by atoms with E-state index in [2.05, 4.69) is 62.3 Å². The molecule has 0 saturated heterocycles. The van der Waals surface area contributed by atoms with Crippen molar-refractivity contribution < 1.29 is 0 Å². The van der Waals surface area contributed by atoms with Gasteiger partial charge in [0, 0.05) is 5.54 Å². The lowest BCUT2D eigenvalue weighted by molar-refractivity contribution is -0.0903. The van der Waals surface area contributed by atoms with E-state index in [4.69, 9.17) is 5.73 Å². The van der Waals surface area contributed by atoms with Crippen molar-refractivity contribution in [2.75, 3.05) is 0 Å². The topological polar surface area (TPSA) is 26.0 Å². The largest absolute Gasteiger partial charge is 0.325 e. The molecule has 17 heavy (non-hydrogen) atoms. The summed E-state index contributed by atoms with van der Waals surface area (Å²) in [5, 5.41) is 0. The minimum absolute atomic E-state index is 0.111. The fourth-order valence-electron chi connectivity index (χ4n) is 3.56. The molecule has 0 aliphatic heterocycles. The molecule has 0 fully saturated rings. The van der Waals surface area contributed by atoms with Crippen LogP contribution in [0.15, 0.2) is 0 Å². The summed E-state index contributed by atoms with van der Waals surface area (Å²) in [7, 11) is 0. The molecule has 1 heteroatoms. The Morgan fingerprint density at radius 2 is 1.00 bits per heavy atom. The molecule has 0 aliphatic carbocycles. The highest BCUT2D eigenvalue weighted by molar-refractivity contribution is 5.08. The van der Waals surface area contributed by atoms with Crippen LogP contribution in [0.25, 0.3) is 0 Å². The minimum atomic E-state index is -0.111. The quantitative estimate of drug-likeness (QED) is 0.721. The molecule has 1 nitrogen and oxygen atoms in total. The highest BCUT2D eigenvalue weighted by Gasteiger charge is 2.55. The Bertz CT molecular complexity index is 249. The van der Waals surface area contributed by atoms with E-state index in [1.54, 1.807) is 0 Å². The maximum absolute atomic E-state index is 6.66. The van der Waals surface area contributed by atoms with E-state index in [0.29, 0.717) is 0 Å². The molecule has 0 saturated carbocycles. The van der Waals surface area contributed by atoms with E-state index in [1.807, 2.05) is 0 Å². The first-order chi connectivity index (χ1) is 7.43. The van der Waals surface area contributed by atoms with Crippen LogP contribution >= 0.6 is 0 Å². The van der Waals surface area contributed by atoms with Crippen molar-refractivity contribution in [1.82, 2.24) is 0 Å². The van der Waals surface area contributed by atoms with Crippen LogP contribution in [-0.2, 0) is 0 Å². The van der Waals surface area contributed by atoms with Gasteiger partial charge in [-0.2, -0.15) is 0 Å². The maximum atomic E-state index is 6.66. The molecule has 0 radical (unpaired) electrons. The van der Waals surface area contributed by atoms with Crippen molar-refractivity contribution in [2.45, 2.75) is 87.1 Å². The molecule has 0 rings (SSSR count). The van der Waals surface area contributed by atoms with Gasteiger partial charge in [-0.05, 0) is 42.4 Å². The van der Waals surface area contributed by atoms with Gasteiger partial charge in [-0.15, -0.1) is 0 Å². The molecule has 2 N–H and O–H groups in total. The van der Waals surface area contributed by atoms with E-state index in [9.17, 15) is 0 Å². The van der Waals surface area contributed by atoms with Crippen molar-refractivity contribution in [2.24, 2.45) is 22.0 Å². The third kappa shape index (κ3) is 2.41. The zero-order valence-corrected chi connectivity index (χ0v) is 13.7. The summed E-state index contributed by atoms with van der Waals surface area (Å²) in [6.07, 6.45) is 3.34. The lowest BCUT2D eigenvalue weighted by Crippen LogP contribution is -2.62. The molecule has 0 aromatic carbocycles. The lowest BCUT2D eigenvalue weighted by atomic mass is 9.46.